The highest BCUT2D eigenvalue weighted by atomic mass is 16.5. The molecular formula is C13H19N3O. The summed E-state index contributed by atoms with van der Waals surface area (Å²) < 4.78 is 5.28. The molecule has 0 saturated carbocycles. The lowest BCUT2D eigenvalue weighted by Crippen LogP contribution is -2.53. The van der Waals surface area contributed by atoms with Crippen LogP contribution in [0.5, 0.6) is 5.88 Å². The number of fused-ring (bicyclic) bond motifs is 3. The summed E-state index contributed by atoms with van der Waals surface area (Å²) in [6.45, 7) is 3.70. The summed E-state index contributed by atoms with van der Waals surface area (Å²) in [4.78, 5) is 6.77. The van der Waals surface area contributed by atoms with Crippen molar-refractivity contribution in [1.29, 1.82) is 0 Å². The van der Waals surface area contributed by atoms with Gasteiger partial charge in [-0.05, 0) is 44.0 Å². The number of pyridine rings is 1. The lowest BCUT2D eigenvalue weighted by atomic mass is 9.84. The maximum absolute atomic E-state index is 5.28. The monoisotopic (exact) mass is 233 g/mol. The van der Waals surface area contributed by atoms with Crippen molar-refractivity contribution >= 4 is 5.69 Å². The Morgan fingerprint density at radius 2 is 2.24 bits per heavy atom. The van der Waals surface area contributed by atoms with E-state index in [0.29, 0.717) is 11.9 Å². The highest BCUT2D eigenvalue weighted by Gasteiger charge is 2.34. The van der Waals surface area contributed by atoms with Crippen molar-refractivity contribution in [2.24, 2.45) is 5.92 Å². The molecule has 3 aliphatic heterocycles. The number of hydrogen-bond donors (Lipinski definition) is 1. The number of aromatic nitrogens is 1. The molecule has 2 bridgehead atoms. The molecule has 4 heteroatoms. The molecule has 3 aliphatic rings. The molecule has 92 valence electrons. The van der Waals surface area contributed by atoms with E-state index in [1.165, 1.54) is 25.9 Å². The van der Waals surface area contributed by atoms with E-state index in [9.17, 15) is 0 Å². The van der Waals surface area contributed by atoms with Gasteiger partial charge in [0.2, 0.25) is 5.88 Å². The zero-order valence-corrected chi connectivity index (χ0v) is 10.2. The standard InChI is InChI=1S/C13H19N3O/c1-17-13-11(3-2-6-14-13)15-12-9-16-7-4-10(12)5-8-16/h2-3,6,10,12,15H,4-5,7-9H2,1H3. The molecule has 0 radical (unpaired) electrons. The third kappa shape index (κ3) is 2.09. The van der Waals surface area contributed by atoms with Crippen LogP contribution in [0.1, 0.15) is 12.8 Å². The molecule has 1 aromatic heterocycles. The van der Waals surface area contributed by atoms with Crippen molar-refractivity contribution in [2.75, 3.05) is 32.1 Å². The van der Waals surface area contributed by atoms with Gasteiger partial charge in [0.05, 0.1) is 12.8 Å². The first-order chi connectivity index (χ1) is 8.36. The van der Waals surface area contributed by atoms with E-state index in [1.807, 2.05) is 12.1 Å². The van der Waals surface area contributed by atoms with E-state index < -0.39 is 0 Å². The van der Waals surface area contributed by atoms with Crippen LogP contribution in [0.3, 0.4) is 0 Å². The predicted octanol–water partition coefficient (Wildman–Crippen LogP) is 1.60. The van der Waals surface area contributed by atoms with Crippen molar-refractivity contribution in [2.45, 2.75) is 18.9 Å². The first kappa shape index (κ1) is 10.8. The fourth-order valence-corrected chi connectivity index (χ4v) is 2.99. The number of anilines is 1. The Morgan fingerprint density at radius 1 is 1.41 bits per heavy atom. The molecule has 4 rings (SSSR count). The van der Waals surface area contributed by atoms with Crippen LogP contribution in [0.4, 0.5) is 5.69 Å². The summed E-state index contributed by atoms with van der Waals surface area (Å²) in [5.74, 6) is 1.51. The second-order valence-corrected chi connectivity index (χ2v) is 4.95. The number of hydrogen-bond acceptors (Lipinski definition) is 4. The minimum atomic E-state index is 0.551. The van der Waals surface area contributed by atoms with Crippen molar-refractivity contribution in [3.05, 3.63) is 18.3 Å². The van der Waals surface area contributed by atoms with Crippen molar-refractivity contribution in [3.8, 4) is 5.88 Å². The van der Waals surface area contributed by atoms with Crippen LogP contribution in [0, 0.1) is 5.92 Å². The topological polar surface area (TPSA) is 37.4 Å². The Labute approximate surface area is 102 Å². The highest BCUT2D eigenvalue weighted by molar-refractivity contribution is 5.53. The third-order valence-electron chi connectivity index (χ3n) is 3.96. The molecule has 0 aliphatic carbocycles. The van der Waals surface area contributed by atoms with Crippen LogP contribution < -0.4 is 10.1 Å². The molecule has 1 aromatic rings. The van der Waals surface area contributed by atoms with Gasteiger partial charge >= 0.3 is 0 Å². The van der Waals surface area contributed by atoms with E-state index in [0.717, 1.165) is 18.2 Å². The molecule has 0 amide bonds. The first-order valence-corrected chi connectivity index (χ1v) is 6.34. The summed E-state index contributed by atoms with van der Waals surface area (Å²) in [7, 11) is 1.67. The van der Waals surface area contributed by atoms with Gasteiger partial charge in [-0.3, -0.25) is 0 Å². The van der Waals surface area contributed by atoms with E-state index in [4.69, 9.17) is 4.74 Å². The van der Waals surface area contributed by atoms with E-state index in [-0.39, 0.29) is 0 Å². The summed E-state index contributed by atoms with van der Waals surface area (Å²) >= 11 is 0. The Hall–Kier alpha value is -1.29. The average molecular weight is 233 g/mol. The van der Waals surface area contributed by atoms with Gasteiger partial charge in [0, 0.05) is 18.8 Å². The summed E-state index contributed by atoms with van der Waals surface area (Å²) in [6.07, 6.45) is 4.40. The Balaban J connectivity index is 1.74. The quantitative estimate of drug-likeness (QED) is 0.860. The minimum Gasteiger partial charge on any atom is -0.480 e. The number of rotatable bonds is 3. The molecule has 0 aromatic carbocycles. The van der Waals surface area contributed by atoms with Crippen LogP contribution >= 0.6 is 0 Å². The molecule has 0 spiro atoms. The lowest BCUT2D eigenvalue weighted by molar-refractivity contribution is 0.0974. The predicted molar refractivity (Wildman–Crippen MR) is 67.4 cm³/mol. The fourth-order valence-electron chi connectivity index (χ4n) is 2.99. The van der Waals surface area contributed by atoms with Crippen LogP contribution in [0.25, 0.3) is 0 Å². The molecule has 1 unspecified atom stereocenters. The minimum absolute atomic E-state index is 0.551. The highest BCUT2D eigenvalue weighted by Crippen LogP contribution is 2.31. The second kappa shape index (κ2) is 4.53. The normalized spacial score (nSPS) is 31.2. The number of nitrogens with one attached hydrogen (secondary N) is 1. The molecule has 4 heterocycles. The Kier molecular flexibility index (Phi) is 2.89. The maximum atomic E-state index is 5.28. The van der Waals surface area contributed by atoms with E-state index in [1.54, 1.807) is 13.3 Å². The summed E-state index contributed by atoms with van der Waals surface area (Å²) in [5, 5.41) is 3.60. The van der Waals surface area contributed by atoms with E-state index in [2.05, 4.69) is 15.2 Å². The van der Waals surface area contributed by atoms with Gasteiger partial charge in [-0.1, -0.05) is 0 Å². The zero-order valence-electron chi connectivity index (χ0n) is 10.2. The van der Waals surface area contributed by atoms with Gasteiger partial charge in [0.15, 0.2) is 0 Å². The Bertz CT molecular complexity index is 388. The number of ether oxygens (including phenoxy) is 1. The number of methoxy groups -OCH3 is 1. The van der Waals surface area contributed by atoms with Crippen LogP contribution in [0.15, 0.2) is 18.3 Å². The van der Waals surface area contributed by atoms with Gasteiger partial charge in [0.1, 0.15) is 0 Å². The average Bonchev–Trinajstić information content (AvgIpc) is 2.41. The smallest absolute Gasteiger partial charge is 0.237 e. The summed E-state index contributed by atoms with van der Waals surface area (Å²) in [6, 6.07) is 4.55. The molecule has 3 saturated heterocycles. The SMILES string of the molecule is COc1ncccc1NC1CN2CCC1CC2. The van der Waals surface area contributed by atoms with Gasteiger partial charge in [-0.25, -0.2) is 4.98 Å². The number of piperidine rings is 3. The van der Waals surface area contributed by atoms with Crippen molar-refractivity contribution in [1.82, 2.24) is 9.88 Å². The van der Waals surface area contributed by atoms with Crippen LogP contribution in [-0.2, 0) is 0 Å². The molecule has 4 nitrogen and oxygen atoms in total. The molecule has 3 fully saturated rings. The molecule has 1 N–H and O–H groups in total. The third-order valence-corrected chi connectivity index (χ3v) is 3.96. The van der Waals surface area contributed by atoms with E-state index >= 15 is 0 Å². The van der Waals surface area contributed by atoms with Gasteiger partial charge in [0.25, 0.3) is 0 Å². The molecule has 1 atom stereocenters. The maximum Gasteiger partial charge on any atom is 0.237 e. The second-order valence-electron chi connectivity index (χ2n) is 4.95. The van der Waals surface area contributed by atoms with Crippen molar-refractivity contribution in [3.63, 3.8) is 0 Å². The molecule has 17 heavy (non-hydrogen) atoms. The molecular weight excluding hydrogens is 214 g/mol. The summed E-state index contributed by atoms with van der Waals surface area (Å²) in [5.41, 5.74) is 1.02. The van der Waals surface area contributed by atoms with Gasteiger partial charge in [-0.15, -0.1) is 0 Å². The van der Waals surface area contributed by atoms with Gasteiger partial charge < -0.3 is 15.0 Å². The van der Waals surface area contributed by atoms with Crippen LogP contribution in [0.2, 0.25) is 0 Å². The zero-order chi connectivity index (χ0) is 11.7. The van der Waals surface area contributed by atoms with Crippen LogP contribution in [-0.4, -0.2) is 42.7 Å². The van der Waals surface area contributed by atoms with Gasteiger partial charge in [-0.2, -0.15) is 0 Å². The lowest BCUT2D eigenvalue weighted by Gasteiger charge is -2.45. The van der Waals surface area contributed by atoms with Crippen molar-refractivity contribution < 1.29 is 4.74 Å². The first-order valence-electron chi connectivity index (χ1n) is 6.34. The largest absolute Gasteiger partial charge is 0.480 e. The number of nitrogens with zero attached hydrogens (tertiary/aromatic N) is 2. The Morgan fingerprint density at radius 3 is 2.88 bits per heavy atom. The fraction of sp³-hybridized carbons (Fsp3) is 0.615.